The first-order valence-corrected chi connectivity index (χ1v) is 6.34. The van der Waals surface area contributed by atoms with Crippen LogP contribution in [0, 0.1) is 0 Å². The summed E-state index contributed by atoms with van der Waals surface area (Å²) in [6, 6.07) is 9.00. The molecule has 98 valence electrons. The standard InChI is InChI=1S/C12H12N4OS2/c1-7(17)13-8-3-2-4-9(5-8)14-10-6-11(18)16-12(19)15-10/h2-6H,1H3,(H,13,17)(H3,14,15,16,18,19). The molecule has 0 bridgehead atoms. The Morgan fingerprint density at radius 1 is 1.16 bits per heavy atom. The Balaban J connectivity index is 2.20. The van der Waals surface area contributed by atoms with Crippen LogP contribution in [0.2, 0.25) is 0 Å². The van der Waals surface area contributed by atoms with E-state index in [1.54, 1.807) is 18.2 Å². The molecule has 0 saturated carbocycles. The van der Waals surface area contributed by atoms with Crippen molar-refractivity contribution < 1.29 is 4.79 Å². The van der Waals surface area contributed by atoms with Crippen LogP contribution in [0.15, 0.2) is 40.5 Å². The van der Waals surface area contributed by atoms with Crippen molar-refractivity contribution in [3.05, 3.63) is 30.3 Å². The number of aromatic nitrogens is 2. The van der Waals surface area contributed by atoms with Crippen LogP contribution in [0.1, 0.15) is 6.92 Å². The van der Waals surface area contributed by atoms with Gasteiger partial charge in [-0.25, -0.2) is 9.97 Å². The molecule has 1 aromatic heterocycles. The maximum atomic E-state index is 11.0. The monoisotopic (exact) mass is 292 g/mol. The number of nitrogens with one attached hydrogen (secondary N) is 2. The van der Waals surface area contributed by atoms with Gasteiger partial charge < -0.3 is 10.6 Å². The van der Waals surface area contributed by atoms with Gasteiger partial charge in [-0.15, -0.1) is 25.3 Å². The molecule has 0 radical (unpaired) electrons. The van der Waals surface area contributed by atoms with E-state index in [0.29, 0.717) is 21.7 Å². The number of anilines is 3. The van der Waals surface area contributed by atoms with Crippen LogP contribution in [-0.4, -0.2) is 15.9 Å². The minimum atomic E-state index is -0.116. The van der Waals surface area contributed by atoms with Crippen LogP contribution in [0.3, 0.4) is 0 Å². The van der Waals surface area contributed by atoms with Gasteiger partial charge in [0.1, 0.15) is 5.82 Å². The molecule has 2 aromatic rings. The largest absolute Gasteiger partial charge is 0.340 e. The van der Waals surface area contributed by atoms with E-state index in [9.17, 15) is 4.79 Å². The van der Waals surface area contributed by atoms with Crippen molar-refractivity contribution in [3.8, 4) is 0 Å². The van der Waals surface area contributed by atoms with E-state index in [0.717, 1.165) is 5.69 Å². The minimum Gasteiger partial charge on any atom is -0.340 e. The third-order valence-corrected chi connectivity index (χ3v) is 2.59. The number of carbonyl (C=O) groups excluding carboxylic acids is 1. The van der Waals surface area contributed by atoms with Crippen LogP contribution in [0.5, 0.6) is 0 Å². The van der Waals surface area contributed by atoms with Crippen molar-refractivity contribution in [2.75, 3.05) is 10.6 Å². The smallest absolute Gasteiger partial charge is 0.221 e. The minimum absolute atomic E-state index is 0.116. The lowest BCUT2D eigenvalue weighted by Gasteiger charge is -2.08. The molecule has 0 atom stereocenters. The van der Waals surface area contributed by atoms with Gasteiger partial charge in [0.05, 0.1) is 5.03 Å². The lowest BCUT2D eigenvalue weighted by molar-refractivity contribution is -0.114. The normalized spacial score (nSPS) is 10.1. The molecular formula is C12H12N4OS2. The first-order chi connectivity index (χ1) is 9.02. The van der Waals surface area contributed by atoms with Crippen molar-refractivity contribution in [1.29, 1.82) is 0 Å². The third-order valence-electron chi connectivity index (χ3n) is 2.16. The van der Waals surface area contributed by atoms with Gasteiger partial charge in [-0.05, 0) is 18.2 Å². The summed E-state index contributed by atoms with van der Waals surface area (Å²) in [7, 11) is 0. The van der Waals surface area contributed by atoms with Gasteiger partial charge in [0, 0.05) is 24.4 Å². The average molecular weight is 292 g/mol. The number of benzene rings is 1. The highest BCUT2D eigenvalue weighted by molar-refractivity contribution is 7.80. The molecule has 2 N–H and O–H groups in total. The van der Waals surface area contributed by atoms with Crippen LogP contribution >= 0.6 is 25.3 Å². The summed E-state index contributed by atoms with van der Waals surface area (Å²) in [5, 5.41) is 6.68. The van der Waals surface area contributed by atoms with E-state index in [4.69, 9.17) is 0 Å². The van der Waals surface area contributed by atoms with E-state index in [1.807, 2.05) is 12.1 Å². The topological polar surface area (TPSA) is 66.9 Å². The van der Waals surface area contributed by atoms with Crippen molar-refractivity contribution in [2.45, 2.75) is 17.1 Å². The molecule has 0 aliphatic carbocycles. The Bertz CT molecular complexity index is 598. The van der Waals surface area contributed by atoms with Gasteiger partial charge in [-0.1, -0.05) is 6.07 Å². The second-order valence-electron chi connectivity index (χ2n) is 3.80. The summed E-state index contributed by atoms with van der Waals surface area (Å²) < 4.78 is 0. The van der Waals surface area contributed by atoms with Crippen LogP contribution in [-0.2, 0) is 4.79 Å². The summed E-state index contributed by atoms with van der Waals surface area (Å²) in [6.07, 6.45) is 0. The highest BCUT2D eigenvalue weighted by Crippen LogP contribution is 2.20. The van der Waals surface area contributed by atoms with Crippen molar-refractivity contribution in [2.24, 2.45) is 0 Å². The molecular weight excluding hydrogens is 280 g/mol. The van der Waals surface area contributed by atoms with E-state index in [1.165, 1.54) is 6.92 Å². The first kappa shape index (κ1) is 13.7. The SMILES string of the molecule is CC(=O)Nc1cccc(Nc2cc(S)nc(S)n2)c1. The molecule has 0 saturated heterocycles. The summed E-state index contributed by atoms with van der Waals surface area (Å²) >= 11 is 8.25. The van der Waals surface area contributed by atoms with Gasteiger partial charge in [-0.2, -0.15) is 0 Å². The van der Waals surface area contributed by atoms with E-state index < -0.39 is 0 Å². The summed E-state index contributed by atoms with van der Waals surface area (Å²) in [5.74, 6) is 0.472. The van der Waals surface area contributed by atoms with Gasteiger partial charge >= 0.3 is 0 Å². The zero-order valence-corrected chi connectivity index (χ0v) is 11.9. The van der Waals surface area contributed by atoms with E-state index in [-0.39, 0.29) is 5.91 Å². The highest BCUT2D eigenvalue weighted by Gasteiger charge is 2.02. The Morgan fingerprint density at radius 3 is 2.58 bits per heavy atom. The lowest BCUT2D eigenvalue weighted by atomic mass is 10.2. The van der Waals surface area contributed by atoms with Crippen molar-refractivity contribution in [3.63, 3.8) is 0 Å². The summed E-state index contributed by atoms with van der Waals surface area (Å²) in [5.41, 5.74) is 1.51. The Hall–Kier alpha value is -1.73. The predicted molar refractivity (Wildman–Crippen MR) is 80.6 cm³/mol. The van der Waals surface area contributed by atoms with Crippen molar-refractivity contribution in [1.82, 2.24) is 9.97 Å². The molecule has 5 nitrogen and oxygen atoms in total. The zero-order valence-electron chi connectivity index (χ0n) is 10.1. The molecule has 0 unspecified atom stereocenters. The van der Waals surface area contributed by atoms with Crippen LogP contribution < -0.4 is 10.6 Å². The van der Waals surface area contributed by atoms with Gasteiger partial charge in [0.25, 0.3) is 0 Å². The molecule has 1 heterocycles. The highest BCUT2D eigenvalue weighted by atomic mass is 32.1. The first-order valence-electron chi connectivity index (χ1n) is 5.44. The number of hydrogen-bond donors (Lipinski definition) is 4. The number of hydrogen-bond acceptors (Lipinski definition) is 6. The molecule has 0 aliphatic heterocycles. The van der Waals surface area contributed by atoms with Gasteiger partial charge in [-0.3, -0.25) is 4.79 Å². The molecule has 1 aromatic carbocycles. The molecule has 0 fully saturated rings. The second kappa shape index (κ2) is 5.94. The predicted octanol–water partition coefficient (Wildman–Crippen LogP) is 2.76. The average Bonchev–Trinajstić information content (AvgIpc) is 2.26. The van der Waals surface area contributed by atoms with E-state index >= 15 is 0 Å². The summed E-state index contributed by atoms with van der Waals surface area (Å²) in [6.45, 7) is 1.46. The number of rotatable bonds is 3. The number of thiol groups is 2. The number of nitrogens with zero attached hydrogens (tertiary/aromatic N) is 2. The molecule has 19 heavy (non-hydrogen) atoms. The van der Waals surface area contributed by atoms with Crippen molar-refractivity contribution >= 4 is 48.4 Å². The fourth-order valence-corrected chi connectivity index (χ4v) is 2.02. The molecule has 7 heteroatoms. The Labute approximate surface area is 121 Å². The maximum Gasteiger partial charge on any atom is 0.221 e. The third kappa shape index (κ3) is 4.15. The number of amides is 1. The Morgan fingerprint density at radius 2 is 1.89 bits per heavy atom. The Kier molecular flexibility index (Phi) is 4.28. The maximum absolute atomic E-state index is 11.0. The molecule has 2 rings (SSSR count). The molecule has 1 amide bonds. The van der Waals surface area contributed by atoms with E-state index in [2.05, 4.69) is 45.9 Å². The fraction of sp³-hybridized carbons (Fsp3) is 0.0833. The fourth-order valence-electron chi connectivity index (χ4n) is 1.51. The second-order valence-corrected chi connectivity index (χ2v) is 4.66. The van der Waals surface area contributed by atoms with Gasteiger partial charge in [0.15, 0.2) is 5.16 Å². The molecule has 0 aliphatic rings. The quantitative estimate of drug-likeness (QED) is 0.399. The lowest BCUT2D eigenvalue weighted by Crippen LogP contribution is -2.05. The summed E-state index contributed by atoms with van der Waals surface area (Å²) in [4.78, 5) is 19.1. The molecule has 0 spiro atoms. The van der Waals surface area contributed by atoms with Crippen LogP contribution in [0.25, 0.3) is 0 Å². The number of carbonyl (C=O) groups is 1. The zero-order chi connectivity index (χ0) is 13.8. The van der Waals surface area contributed by atoms with Crippen LogP contribution in [0.4, 0.5) is 17.2 Å². The van der Waals surface area contributed by atoms with Gasteiger partial charge in [0.2, 0.25) is 5.91 Å².